The molecule has 95 valence electrons. The Morgan fingerprint density at radius 2 is 1.47 bits per heavy atom. The van der Waals surface area contributed by atoms with Gasteiger partial charge in [-0.2, -0.15) is 0 Å². The first-order valence-electron chi connectivity index (χ1n) is 7.13. The minimum atomic E-state index is 1.10. The molecule has 0 fully saturated rings. The Hall–Kier alpha value is -0.980. The predicted octanol–water partition coefficient (Wildman–Crippen LogP) is 5.04. The molecule has 0 saturated carbocycles. The summed E-state index contributed by atoms with van der Waals surface area (Å²) in [6.45, 7) is 3.37. The highest BCUT2D eigenvalue weighted by molar-refractivity contribution is 5.41. The third-order valence-corrected chi connectivity index (χ3v) is 3.08. The molecule has 0 bridgehead atoms. The molecule has 0 aliphatic heterocycles. The van der Waals surface area contributed by atoms with Crippen LogP contribution < -0.4 is 5.32 Å². The highest BCUT2D eigenvalue weighted by Crippen LogP contribution is 2.09. The monoisotopic (exact) mass is 232 g/mol. The zero-order valence-electron chi connectivity index (χ0n) is 11.2. The number of benzene rings is 1. The van der Waals surface area contributed by atoms with E-state index in [0.717, 1.165) is 6.54 Å². The van der Waals surface area contributed by atoms with Gasteiger partial charge in [0, 0.05) is 12.2 Å². The summed E-state index contributed by atoms with van der Waals surface area (Å²) >= 11 is 0. The van der Waals surface area contributed by atoms with Crippen molar-refractivity contribution >= 4 is 5.69 Å². The molecule has 0 amide bonds. The summed E-state index contributed by atoms with van der Waals surface area (Å²) in [4.78, 5) is 0. The van der Waals surface area contributed by atoms with Gasteiger partial charge in [0.1, 0.15) is 0 Å². The van der Waals surface area contributed by atoms with E-state index in [-0.39, 0.29) is 0 Å². The van der Waals surface area contributed by atoms with Crippen molar-refractivity contribution in [2.75, 3.05) is 11.9 Å². The highest BCUT2D eigenvalue weighted by Gasteiger charge is 1.92. The van der Waals surface area contributed by atoms with E-state index >= 15 is 0 Å². The maximum atomic E-state index is 3.44. The second kappa shape index (κ2) is 10.2. The molecule has 1 aromatic rings. The van der Waals surface area contributed by atoms with Crippen LogP contribution in [0.2, 0.25) is 0 Å². The standard InChI is InChI=1S/C16H26N/c1-2-3-4-5-6-7-8-12-15-17-16-13-10-9-11-14-16/h10-11,13-14,17H,2-8,12,15H2,1H3. The van der Waals surface area contributed by atoms with Crippen molar-refractivity contribution in [1.82, 2.24) is 0 Å². The van der Waals surface area contributed by atoms with Crippen LogP contribution in [0.1, 0.15) is 58.3 Å². The second-order valence-electron chi connectivity index (χ2n) is 4.69. The first-order chi connectivity index (χ1) is 8.43. The Balaban J connectivity index is 1.85. The topological polar surface area (TPSA) is 12.0 Å². The Morgan fingerprint density at radius 1 is 0.882 bits per heavy atom. The molecule has 0 heterocycles. The summed E-state index contributed by atoms with van der Waals surface area (Å²) in [7, 11) is 0. The smallest absolute Gasteiger partial charge is 0.0340 e. The molecule has 1 N–H and O–H groups in total. The lowest BCUT2D eigenvalue weighted by Crippen LogP contribution is -2.00. The minimum absolute atomic E-state index is 1.10. The van der Waals surface area contributed by atoms with Gasteiger partial charge in [0.15, 0.2) is 0 Å². The van der Waals surface area contributed by atoms with E-state index in [4.69, 9.17) is 0 Å². The number of hydrogen-bond donors (Lipinski definition) is 1. The molecule has 0 atom stereocenters. The summed E-state index contributed by atoms with van der Waals surface area (Å²) in [6, 6.07) is 11.1. The molecular formula is C16H26N. The molecule has 1 rings (SSSR count). The second-order valence-corrected chi connectivity index (χ2v) is 4.69. The molecule has 17 heavy (non-hydrogen) atoms. The van der Waals surface area contributed by atoms with Crippen LogP contribution in [0.25, 0.3) is 0 Å². The number of nitrogens with one attached hydrogen (secondary N) is 1. The van der Waals surface area contributed by atoms with Crippen molar-refractivity contribution in [1.29, 1.82) is 0 Å². The average Bonchev–Trinajstić information content (AvgIpc) is 2.38. The molecule has 1 nitrogen and oxygen atoms in total. The van der Waals surface area contributed by atoms with Crippen LogP contribution >= 0.6 is 0 Å². The Morgan fingerprint density at radius 3 is 2.12 bits per heavy atom. The van der Waals surface area contributed by atoms with Gasteiger partial charge in [0.25, 0.3) is 0 Å². The zero-order chi connectivity index (χ0) is 12.2. The van der Waals surface area contributed by atoms with Crippen molar-refractivity contribution in [3.63, 3.8) is 0 Å². The highest BCUT2D eigenvalue weighted by atomic mass is 14.9. The Labute approximate surface area is 107 Å². The van der Waals surface area contributed by atoms with E-state index in [1.54, 1.807) is 0 Å². The van der Waals surface area contributed by atoms with Crippen molar-refractivity contribution in [3.8, 4) is 0 Å². The van der Waals surface area contributed by atoms with Gasteiger partial charge in [0.2, 0.25) is 0 Å². The van der Waals surface area contributed by atoms with Crippen LogP contribution in [0.15, 0.2) is 24.3 Å². The first-order valence-corrected chi connectivity index (χ1v) is 7.13. The fourth-order valence-electron chi connectivity index (χ4n) is 2.00. The zero-order valence-corrected chi connectivity index (χ0v) is 11.2. The Kier molecular flexibility index (Phi) is 8.44. The number of rotatable bonds is 10. The van der Waals surface area contributed by atoms with E-state index in [1.165, 1.54) is 57.1 Å². The number of hydrogen-bond acceptors (Lipinski definition) is 1. The summed E-state index contributed by atoms with van der Waals surface area (Å²) in [5.74, 6) is 0. The molecule has 0 unspecified atom stereocenters. The number of unbranched alkanes of at least 4 members (excludes halogenated alkanes) is 7. The van der Waals surface area contributed by atoms with E-state index in [1.807, 2.05) is 12.1 Å². The molecule has 1 heteroatoms. The molecule has 1 radical (unpaired) electrons. The normalized spacial score (nSPS) is 10.4. The van der Waals surface area contributed by atoms with Gasteiger partial charge in [-0.15, -0.1) is 0 Å². The number of anilines is 1. The van der Waals surface area contributed by atoms with E-state index in [0.29, 0.717) is 0 Å². The summed E-state index contributed by atoms with van der Waals surface area (Å²) < 4.78 is 0. The predicted molar refractivity (Wildman–Crippen MR) is 76.4 cm³/mol. The molecule has 0 aliphatic carbocycles. The lowest BCUT2D eigenvalue weighted by Gasteiger charge is -2.05. The SMILES string of the molecule is CCCCCCCCCCNc1cc[c]cc1. The first kappa shape index (κ1) is 14.1. The largest absolute Gasteiger partial charge is 0.385 e. The van der Waals surface area contributed by atoms with Gasteiger partial charge in [0.05, 0.1) is 0 Å². The fourth-order valence-corrected chi connectivity index (χ4v) is 2.00. The third-order valence-electron chi connectivity index (χ3n) is 3.08. The quantitative estimate of drug-likeness (QED) is 0.557. The van der Waals surface area contributed by atoms with E-state index < -0.39 is 0 Å². The molecule has 1 aromatic carbocycles. The van der Waals surface area contributed by atoms with Crippen LogP contribution in [0, 0.1) is 6.07 Å². The molecule has 0 saturated heterocycles. The third kappa shape index (κ3) is 7.84. The van der Waals surface area contributed by atoms with E-state index in [9.17, 15) is 0 Å². The van der Waals surface area contributed by atoms with Gasteiger partial charge < -0.3 is 5.32 Å². The summed E-state index contributed by atoms with van der Waals surface area (Å²) in [6.07, 6.45) is 11.1. The fraction of sp³-hybridized carbons (Fsp3) is 0.625. The molecule has 0 aromatic heterocycles. The van der Waals surface area contributed by atoms with Crippen molar-refractivity contribution in [3.05, 3.63) is 30.3 Å². The summed E-state index contributed by atoms with van der Waals surface area (Å²) in [5.41, 5.74) is 1.21. The van der Waals surface area contributed by atoms with Gasteiger partial charge in [-0.25, -0.2) is 0 Å². The lowest BCUT2D eigenvalue weighted by molar-refractivity contribution is 0.581. The van der Waals surface area contributed by atoms with Crippen LogP contribution in [-0.4, -0.2) is 6.54 Å². The van der Waals surface area contributed by atoms with Gasteiger partial charge in [-0.05, 0) is 24.6 Å². The van der Waals surface area contributed by atoms with Gasteiger partial charge in [-0.3, -0.25) is 0 Å². The van der Waals surface area contributed by atoms with Crippen LogP contribution in [0.5, 0.6) is 0 Å². The lowest BCUT2D eigenvalue weighted by atomic mass is 10.1. The van der Waals surface area contributed by atoms with Crippen molar-refractivity contribution in [2.24, 2.45) is 0 Å². The average molecular weight is 232 g/mol. The maximum absolute atomic E-state index is 3.44. The van der Waals surface area contributed by atoms with Gasteiger partial charge >= 0.3 is 0 Å². The minimum Gasteiger partial charge on any atom is -0.385 e. The van der Waals surface area contributed by atoms with Crippen LogP contribution in [0.3, 0.4) is 0 Å². The maximum Gasteiger partial charge on any atom is 0.0340 e. The molecular weight excluding hydrogens is 206 g/mol. The van der Waals surface area contributed by atoms with Crippen LogP contribution in [-0.2, 0) is 0 Å². The van der Waals surface area contributed by atoms with Crippen LogP contribution in [0.4, 0.5) is 5.69 Å². The molecule has 0 aliphatic rings. The van der Waals surface area contributed by atoms with E-state index in [2.05, 4.69) is 30.4 Å². The Bertz CT molecular complexity index is 255. The van der Waals surface area contributed by atoms with Gasteiger partial charge in [-0.1, -0.05) is 64.0 Å². The van der Waals surface area contributed by atoms with Crippen molar-refractivity contribution in [2.45, 2.75) is 58.3 Å². The van der Waals surface area contributed by atoms with Crippen molar-refractivity contribution < 1.29 is 0 Å². The summed E-state index contributed by atoms with van der Waals surface area (Å²) in [5, 5.41) is 3.44. The molecule has 0 spiro atoms.